The number of hydrogen-bond donors (Lipinski definition) is 0. The summed E-state index contributed by atoms with van der Waals surface area (Å²) in [6.45, 7) is 2.94. The maximum absolute atomic E-state index is 13.7. The van der Waals surface area contributed by atoms with Gasteiger partial charge in [-0.1, -0.05) is 0 Å². The van der Waals surface area contributed by atoms with E-state index < -0.39 is 11.9 Å². The number of aromatic nitrogens is 2. The van der Waals surface area contributed by atoms with Crippen molar-refractivity contribution < 1.29 is 22.4 Å². The van der Waals surface area contributed by atoms with Crippen molar-refractivity contribution >= 4 is 5.91 Å². The van der Waals surface area contributed by atoms with Crippen LogP contribution in [0, 0.1) is 0 Å². The first-order valence-corrected chi connectivity index (χ1v) is 10.2. The highest BCUT2D eigenvalue weighted by molar-refractivity contribution is 5.94. The number of carbonyl (C=O) groups is 1. The summed E-state index contributed by atoms with van der Waals surface area (Å²) in [4.78, 5) is 16.7. The van der Waals surface area contributed by atoms with Crippen molar-refractivity contribution in [1.29, 1.82) is 0 Å². The van der Waals surface area contributed by atoms with Crippen molar-refractivity contribution in [3.63, 3.8) is 0 Å². The fraction of sp³-hybridized carbons (Fsp3) is 0.364. The second-order valence-corrected chi connectivity index (χ2v) is 7.99. The molecule has 3 aromatic rings. The number of rotatable bonds is 2. The van der Waals surface area contributed by atoms with E-state index in [4.69, 9.17) is 4.42 Å². The van der Waals surface area contributed by atoms with Gasteiger partial charge in [-0.05, 0) is 43.8 Å². The molecular formula is C22H21F3N4O2. The molecule has 2 aromatic heterocycles. The zero-order valence-electron chi connectivity index (χ0n) is 16.9. The smallest absolute Gasteiger partial charge is 0.435 e. The molecule has 1 fully saturated rings. The van der Waals surface area contributed by atoms with Crippen LogP contribution in [0.1, 0.15) is 27.4 Å². The van der Waals surface area contributed by atoms with Gasteiger partial charge in [0.15, 0.2) is 5.69 Å². The van der Waals surface area contributed by atoms with Gasteiger partial charge in [0, 0.05) is 49.3 Å². The summed E-state index contributed by atoms with van der Waals surface area (Å²) in [6, 6.07) is 8.26. The maximum Gasteiger partial charge on any atom is 0.435 e. The van der Waals surface area contributed by atoms with Gasteiger partial charge in [0.25, 0.3) is 5.91 Å². The number of amides is 1. The van der Waals surface area contributed by atoms with Crippen LogP contribution >= 0.6 is 0 Å². The number of nitrogens with zero attached hydrogens (tertiary/aromatic N) is 4. The number of likely N-dealkylation sites (N-methyl/N-ethyl adjacent to an activating group) is 1. The lowest BCUT2D eigenvalue weighted by Crippen LogP contribution is -2.47. The summed E-state index contributed by atoms with van der Waals surface area (Å²) in [5, 5.41) is 3.93. The van der Waals surface area contributed by atoms with Crippen LogP contribution in [-0.2, 0) is 19.0 Å². The zero-order chi connectivity index (χ0) is 21.8. The third-order valence-electron chi connectivity index (χ3n) is 6.00. The predicted octanol–water partition coefficient (Wildman–Crippen LogP) is 3.64. The number of fused-ring (bicyclic) bond motifs is 3. The average molecular weight is 430 g/mol. The number of hydrogen-bond acceptors (Lipinski definition) is 4. The van der Waals surface area contributed by atoms with Crippen molar-refractivity contribution in [3.8, 4) is 16.9 Å². The van der Waals surface area contributed by atoms with E-state index in [0.717, 1.165) is 13.1 Å². The summed E-state index contributed by atoms with van der Waals surface area (Å²) in [5.74, 6) is 0.583. The summed E-state index contributed by atoms with van der Waals surface area (Å²) in [6.07, 6.45) is -2.44. The van der Waals surface area contributed by atoms with Crippen LogP contribution in [0.4, 0.5) is 13.2 Å². The van der Waals surface area contributed by atoms with E-state index in [-0.39, 0.29) is 17.9 Å². The topological polar surface area (TPSA) is 54.5 Å². The minimum Gasteiger partial charge on any atom is -0.469 e. The number of furan rings is 1. The summed E-state index contributed by atoms with van der Waals surface area (Å²) < 4.78 is 47.7. The average Bonchev–Trinajstić information content (AvgIpc) is 3.38. The Bertz CT molecular complexity index is 1120. The van der Waals surface area contributed by atoms with E-state index in [1.54, 1.807) is 35.2 Å². The van der Waals surface area contributed by atoms with E-state index in [2.05, 4.69) is 10.00 Å². The van der Waals surface area contributed by atoms with Crippen LogP contribution in [0.15, 0.2) is 41.0 Å². The molecule has 162 valence electrons. The lowest BCUT2D eigenvalue weighted by atomic mass is 9.94. The zero-order valence-corrected chi connectivity index (χ0v) is 16.9. The Hall–Kier alpha value is -3.07. The Morgan fingerprint density at radius 3 is 2.42 bits per heavy atom. The highest BCUT2D eigenvalue weighted by Crippen LogP contribution is 2.42. The quantitative estimate of drug-likeness (QED) is 0.623. The second-order valence-electron chi connectivity index (χ2n) is 7.99. The monoisotopic (exact) mass is 430 g/mol. The molecule has 0 saturated carbocycles. The standard InChI is InChI=1S/C22H21F3N4O2/c1-27-9-11-28(12-10-27)21(30)14-2-4-15(5-3-14)29-19-16-8-13-31-18(16)7-6-17(19)20(26-29)22(23,24)25/h2-5,8,13H,6-7,9-12H2,1H3. The van der Waals surface area contributed by atoms with Crippen molar-refractivity contribution in [3.05, 3.63) is 59.2 Å². The molecule has 1 amide bonds. The highest BCUT2D eigenvalue weighted by atomic mass is 19.4. The van der Waals surface area contributed by atoms with Gasteiger partial charge in [0.05, 0.1) is 17.6 Å². The van der Waals surface area contributed by atoms with Crippen LogP contribution in [-0.4, -0.2) is 58.7 Å². The fourth-order valence-electron chi connectivity index (χ4n) is 4.30. The first kappa shape index (κ1) is 19.9. The molecule has 6 nitrogen and oxygen atoms in total. The molecule has 1 saturated heterocycles. The van der Waals surface area contributed by atoms with Crippen molar-refractivity contribution in [2.75, 3.05) is 33.2 Å². The van der Waals surface area contributed by atoms with Gasteiger partial charge in [-0.2, -0.15) is 18.3 Å². The Labute approximate surface area is 176 Å². The second kappa shape index (κ2) is 7.26. The summed E-state index contributed by atoms with van der Waals surface area (Å²) in [5.41, 5.74) is 1.32. The summed E-state index contributed by atoms with van der Waals surface area (Å²) >= 11 is 0. The third kappa shape index (κ3) is 3.42. The number of carbonyl (C=O) groups excluding carboxylic acids is 1. The Morgan fingerprint density at radius 2 is 1.74 bits per heavy atom. The van der Waals surface area contributed by atoms with Gasteiger partial charge in [-0.3, -0.25) is 4.79 Å². The van der Waals surface area contributed by atoms with Gasteiger partial charge in [-0.25, -0.2) is 4.68 Å². The van der Waals surface area contributed by atoms with Crippen LogP contribution in [0.5, 0.6) is 0 Å². The van der Waals surface area contributed by atoms with E-state index in [9.17, 15) is 18.0 Å². The maximum atomic E-state index is 13.7. The van der Waals surface area contributed by atoms with E-state index in [0.29, 0.717) is 47.8 Å². The first-order chi connectivity index (χ1) is 14.8. The molecular weight excluding hydrogens is 409 g/mol. The molecule has 5 rings (SSSR count). The van der Waals surface area contributed by atoms with Crippen molar-refractivity contribution in [1.82, 2.24) is 19.6 Å². The lowest BCUT2D eigenvalue weighted by Gasteiger charge is -2.32. The van der Waals surface area contributed by atoms with E-state index in [1.165, 1.54) is 10.9 Å². The Kier molecular flexibility index (Phi) is 4.65. The molecule has 0 radical (unpaired) electrons. The minimum atomic E-state index is -4.55. The third-order valence-corrected chi connectivity index (χ3v) is 6.00. The molecule has 9 heteroatoms. The molecule has 0 spiro atoms. The number of aryl methyl sites for hydroxylation is 1. The molecule has 31 heavy (non-hydrogen) atoms. The number of halogens is 3. The van der Waals surface area contributed by atoms with Gasteiger partial charge in [-0.15, -0.1) is 0 Å². The lowest BCUT2D eigenvalue weighted by molar-refractivity contribution is -0.142. The fourth-order valence-corrected chi connectivity index (χ4v) is 4.30. The summed E-state index contributed by atoms with van der Waals surface area (Å²) in [7, 11) is 2.02. The molecule has 1 aliphatic carbocycles. The molecule has 0 bridgehead atoms. The van der Waals surface area contributed by atoms with E-state index in [1.807, 2.05) is 7.05 Å². The number of benzene rings is 1. The van der Waals surface area contributed by atoms with Crippen LogP contribution in [0.3, 0.4) is 0 Å². The first-order valence-electron chi connectivity index (χ1n) is 10.2. The van der Waals surface area contributed by atoms with Crippen molar-refractivity contribution in [2.45, 2.75) is 19.0 Å². The van der Waals surface area contributed by atoms with Gasteiger partial charge >= 0.3 is 6.18 Å². The molecule has 3 heterocycles. The van der Waals surface area contributed by atoms with Gasteiger partial charge in [0.1, 0.15) is 5.76 Å². The Balaban J connectivity index is 1.51. The Morgan fingerprint density at radius 1 is 1.03 bits per heavy atom. The van der Waals surface area contributed by atoms with Crippen LogP contribution in [0.25, 0.3) is 16.9 Å². The van der Waals surface area contributed by atoms with Crippen molar-refractivity contribution in [2.24, 2.45) is 0 Å². The molecule has 0 atom stereocenters. The number of piperazine rings is 1. The van der Waals surface area contributed by atoms with Crippen LogP contribution < -0.4 is 0 Å². The molecule has 2 aliphatic rings. The normalized spacial score (nSPS) is 16.8. The highest BCUT2D eigenvalue weighted by Gasteiger charge is 2.41. The van der Waals surface area contributed by atoms with Crippen LogP contribution in [0.2, 0.25) is 0 Å². The molecule has 0 unspecified atom stereocenters. The van der Waals surface area contributed by atoms with Gasteiger partial charge < -0.3 is 14.2 Å². The largest absolute Gasteiger partial charge is 0.469 e. The molecule has 0 N–H and O–H groups in total. The minimum absolute atomic E-state index is 0.0738. The number of alkyl halides is 3. The van der Waals surface area contributed by atoms with Gasteiger partial charge in [0.2, 0.25) is 0 Å². The molecule has 1 aliphatic heterocycles. The predicted molar refractivity (Wildman–Crippen MR) is 107 cm³/mol. The SMILES string of the molecule is CN1CCN(C(=O)c2ccc(-n3nc(C(F)(F)F)c4c3-c3ccoc3CC4)cc2)CC1. The molecule has 1 aromatic carbocycles. The van der Waals surface area contributed by atoms with E-state index >= 15 is 0 Å².